The number of furan rings is 1. The Labute approximate surface area is 192 Å². The Balaban J connectivity index is 1.57. The first-order valence-electron chi connectivity index (χ1n) is 10.6. The topological polar surface area (TPSA) is 82.8 Å². The normalized spacial score (nSPS) is 11.5. The summed E-state index contributed by atoms with van der Waals surface area (Å²) in [5.74, 6) is 0.321. The van der Waals surface area contributed by atoms with Gasteiger partial charge in [0, 0.05) is 5.39 Å². The van der Waals surface area contributed by atoms with Crippen LogP contribution in [0.15, 0.2) is 82.1 Å². The average molecular weight is 465 g/mol. The highest BCUT2D eigenvalue weighted by Gasteiger charge is 2.22. The standard InChI is InChI=1S/C26H24O6S/c1-3-30-21-10-12-22(13-11-21)33(28,29)17-20-9-14-24-23(15-20)25(18(2)32-24)26(27)31-16-19-7-5-4-6-8-19/h4-15H,3,16-17H2,1-2H3. The monoisotopic (exact) mass is 464 g/mol. The van der Waals surface area contributed by atoms with E-state index in [2.05, 4.69) is 0 Å². The second-order valence-electron chi connectivity index (χ2n) is 7.59. The van der Waals surface area contributed by atoms with Crippen molar-refractivity contribution >= 4 is 26.8 Å². The molecular weight excluding hydrogens is 440 g/mol. The number of carbonyl (C=O) groups excluding carboxylic acids is 1. The van der Waals surface area contributed by atoms with Crippen LogP contribution >= 0.6 is 0 Å². The minimum Gasteiger partial charge on any atom is -0.494 e. The van der Waals surface area contributed by atoms with Crippen LogP contribution in [0.2, 0.25) is 0 Å². The summed E-state index contributed by atoms with van der Waals surface area (Å²) in [5.41, 5.74) is 2.23. The number of benzene rings is 3. The summed E-state index contributed by atoms with van der Waals surface area (Å²) in [6, 6.07) is 20.8. The Hall–Kier alpha value is -3.58. The van der Waals surface area contributed by atoms with Gasteiger partial charge in [0.1, 0.15) is 29.3 Å². The van der Waals surface area contributed by atoms with Crippen LogP contribution in [0.3, 0.4) is 0 Å². The number of esters is 1. The van der Waals surface area contributed by atoms with E-state index in [0.717, 1.165) is 5.56 Å². The molecule has 1 heterocycles. The summed E-state index contributed by atoms with van der Waals surface area (Å²) in [4.78, 5) is 13.0. The summed E-state index contributed by atoms with van der Waals surface area (Å²) in [7, 11) is -3.59. The van der Waals surface area contributed by atoms with Gasteiger partial charge in [0.2, 0.25) is 0 Å². The molecule has 170 valence electrons. The SMILES string of the molecule is CCOc1ccc(S(=O)(=O)Cc2ccc3oc(C)c(C(=O)OCc4ccccc4)c3c2)cc1. The first kappa shape index (κ1) is 22.6. The molecule has 1 aromatic heterocycles. The fraction of sp³-hybridized carbons (Fsp3) is 0.192. The predicted octanol–water partition coefficient (Wildman–Crippen LogP) is 5.47. The van der Waals surface area contributed by atoms with Crippen LogP contribution in [0.4, 0.5) is 0 Å². The second kappa shape index (κ2) is 9.50. The van der Waals surface area contributed by atoms with E-state index in [4.69, 9.17) is 13.9 Å². The van der Waals surface area contributed by atoms with Crippen molar-refractivity contribution in [3.63, 3.8) is 0 Å². The number of aryl methyl sites for hydroxylation is 1. The summed E-state index contributed by atoms with van der Waals surface area (Å²) >= 11 is 0. The molecule has 0 bridgehead atoms. The van der Waals surface area contributed by atoms with Crippen molar-refractivity contribution in [2.75, 3.05) is 6.61 Å². The van der Waals surface area contributed by atoms with Gasteiger partial charge in [-0.05, 0) is 61.4 Å². The van der Waals surface area contributed by atoms with Gasteiger partial charge in [-0.1, -0.05) is 36.4 Å². The zero-order chi connectivity index (χ0) is 23.4. The maximum absolute atomic E-state index is 12.9. The van der Waals surface area contributed by atoms with Crippen molar-refractivity contribution in [1.29, 1.82) is 0 Å². The molecule has 6 nitrogen and oxygen atoms in total. The maximum atomic E-state index is 12.9. The van der Waals surface area contributed by atoms with E-state index in [1.54, 1.807) is 37.3 Å². The molecule has 0 saturated carbocycles. The Morgan fingerprint density at radius 2 is 1.67 bits per heavy atom. The van der Waals surface area contributed by atoms with Crippen molar-refractivity contribution in [3.05, 3.63) is 95.2 Å². The number of fused-ring (bicyclic) bond motifs is 1. The van der Waals surface area contributed by atoms with E-state index in [9.17, 15) is 13.2 Å². The van der Waals surface area contributed by atoms with Gasteiger partial charge in [0.05, 0.1) is 17.3 Å². The van der Waals surface area contributed by atoms with Gasteiger partial charge >= 0.3 is 5.97 Å². The first-order chi connectivity index (χ1) is 15.9. The number of sulfone groups is 1. The molecule has 0 aliphatic rings. The quantitative estimate of drug-likeness (QED) is 0.322. The zero-order valence-electron chi connectivity index (χ0n) is 18.4. The van der Waals surface area contributed by atoms with Gasteiger partial charge in [-0.2, -0.15) is 0 Å². The minimum atomic E-state index is -3.59. The van der Waals surface area contributed by atoms with E-state index in [0.29, 0.717) is 40.2 Å². The molecule has 33 heavy (non-hydrogen) atoms. The second-order valence-corrected chi connectivity index (χ2v) is 9.58. The maximum Gasteiger partial charge on any atom is 0.342 e. The molecule has 0 radical (unpaired) electrons. The fourth-order valence-corrected chi connectivity index (χ4v) is 4.95. The van der Waals surface area contributed by atoms with Gasteiger partial charge in [-0.15, -0.1) is 0 Å². The van der Waals surface area contributed by atoms with Gasteiger partial charge in [0.25, 0.3) is 0 Å². The highest BCUT2D eigenvalue weighted by Crippen LogP contribution is 2.29. The van der Waals surface area contributed by atoms with Crippen LogP contribution in [-0.4, -0.2) is 21.0 Å². The Kier molecular flexibility index (Phi) is 6.51. The van der Waals surface area contributed by atoms with Gasteiger partial charge in [-0.25, -0.2) is 13.2 Å². The van der Waals surface area contributed by atoms with E-state index in [1.807, 2.05) is 37.3 Å². The molecule has 0 fully saturated rings. The summed E-state index contributed by atoms with van der Waals surface area (Å²) in [6.07, 6.45) is 0. The number of ether oxygens (including phenoxy) is 2. The lowest BCUT2D eigenvalue weighted by atomic mass is 10.1. The van der Waals surface area contributed by atoms with Gasteiger partial charge < -0.3 is 13.9 Å². The smallest absolute Gasteiger partial charge is 0.342 e. The van der Waals surface area contributed by atoms with E-state index in [-0.39, 0.29) is 17.3 Å². The number of hydrogen-bond acceptors (Lipinski definition) is 6. The minimum absolute atomic E-state index is 0.137. The fourth-order valence-electron chi connectivity index (χ4n) is 3.62. The third-order valence-electron chi connectivity index (χ3n) is 5.20. The van der Waals surface area contributed by atoms with Crippen LogP contribution in [0.1, 0.15) is 34.2 Å². The van der Waals surface area contributed by atoms with Crippen LogP contribution in [0.25, 0.3) is 11.0 Å². The molecule has 0 unspecified atom stereocenters. The van der Waals surface area contributed by atoms with Crippen molar-refractivity contribution in [3.8, 4) is 5.75 Å². The highest BCUT2D eigenvalue weighted by molar-refractivity contribution is 7.90. The molecule has 4 aromatic rings. The number of hydrogen-bond donors (Lipinski definition) is 0. The lowest BCUT2D eigenvalue weighted by molar-refractivity contribution is 0.0472. The average Bonchev–Trinajstić information content (AvgIpc) is 3.13. The van der Waals surface area contributed by atoms with E-state index < -0.39 is 15.8 Å². The third-order valence-corrected chi connectivity index (χ3v) is 6.90. The molecule has 7 heteroatoms. The van der Waals surface area contributed by atoms with Crippen LogP contribution in [-0.2, 0) is 26.9 Å². The summed E-state index contributed by atoms with van der Waals surface area (Å²) < 4.78 is 42.4. The van der Waals surface area contributed by atoms with Crippen molar-refractivity contribution < 1.29 is 27.1 Å². The number of carbonyl (C=O) groups is 1. The Morgan fingerprint density at radius 3 is 2.36 bits per heavy atom. The van der Waals surface area contributed by atoms with Crippen molar-refractivity contribution in [2.45, 2.75) is 31.1 Å². The Morgan fingerprint density at radius 1 is 0.939 bits per heavy atom. The molecular formula is C26H24O6S. The molecule has 0 spiro atoms. The summed E-state index contributed by atoms with van der Waals surface area (Å²) in [6.45, 7) is 4.20. The molecule has 0 aliphatic heterocycles. The number of rotatable bonds is 8. The Bertz CT molecular complexity index is 1370. The highest BCUT2D eigenvalue weighted by atomic mass is 32.2. The van der Waals surface area contributed by atoms with Gasteiger partial charge in [0.15, 0.2) is 9.84 Å². The zero-order valence-corrected chi connectivity index (χ0v) is 19.2. The molecule has 0 atom stereocenters. The van der Waals surface area contributed by atoms with Crippen LogP contribution < -0.4 is 4.74 Å². The van der Waals surface area contributed by atoms with Crippen LogP contribution in [0, 0.1) is 6.92 Å². The third kappa shape index (κ3) is 5.09. The molecule has 4 rings (SSSR count). The molecule has 3 aromatic carbocycles. The molecule has 0 aliphatic carbocycles. The van der Waals surface area contributed by atoms with Gasteiger partial charge in [-0.3, -0.25) is 0 Å². The predicted molar refractivity (Wildman–Crippen MR) is 125 cm³/mol. The summed E-state index contributed by atoms with van der Waals surface area (Å²) in [5, 5.41) is 0.532. The van der Waals surface area contributed by atoms with Crippen molar-refractivity contribution in [2.24, 2.45) is 0 Å². The van der Waals surface area contributed by atoms with Crippen molar-refractivity contribution in [1.82, 2.24) is 0 Å². The van der Waals surface area contributed by atoms with Crippen LogP contribution in [0.5, 0.6) is 5.75 Å². The molecule has 0 amide bonds. The first-order valence-corrected chi connectivity index (χ1v) is 12.2. The van der Waals surface area contributed by atoms with E-state index >= 15 is 0 Å². The van der Waals surface area contributed by atoms with E-state index in [1.165, 1.54) is 12.1 Å². The largest absolute Gasteiger partial charge is 0.494 e. The molecule has 0 N–H and O–H groups in total. The lowest BCUT2D eigenvalue weighted by Gasteiger charge is -2.08. The molecule has 0 saturated heterocycles. The lowest BCUT2D eigenvalue weighted by Crippen LogP contribution is -2.07.